The number of carbonyl (C=O) groups excluding carboxylic acids is 1. The van der Waals surface area contributed by atoms with Gasteiger partial charge in [-0.05, 0) is 12.8 Å². The summed E-state index contributed by atoms with van der Waals surface area (Å²) >= 11 is 5.76. The number of unbranched alkanes of at least 4 members (excludes halogenated alkanes) is 2. The molecule has 0 radical (unpaired) electrons. The van der Waals surface area contributed by atoms with Crippen LogP contribution in [0, 0.1) is 0 Å². The minimum Gasteiger partial charge on any atom is -0.337 e. The van der Waals surface area contributed by atoms with Gasteiger partial charge in [0.05, 0.1) is 12.4 Å². The van der Waals surface area contributed by atoms with Gasteiger partial charge in [-0.25, -0.2) is 4.98 Å². The second-order valence-electron chi connectivity index (χ2n) is 4.23. The van der Waals surface area contributed by atoms with Crippen molar-refractivity contribution >= 4 is 17.5 Å². The fourth-order valence-electron chi connectivity index (χ4n) is 1.62. The van der Waals surface area contributed by atoms with E-state index < -0.39 is 0 Å². The van der Waals surface area contributed by atoms with Crippen LogP contribution >= 0.6 is 11.6 Å². The molecule has 1 amide bonds. The van der Waals surface area contributed by atoms with E-state index in [-0.39, 0.29) is 11.1 Å². The molecule has 0 aliphatic rings. The minimum atomic E-state index is -0.0769. The maximum absolute atomic E-state index is 12.3. The van der Waals surface area contributed by atoms with E-state index >= 15 is 0 Å². The van der Waals surface area contributed by atoms with Crippen LogP contribution in [0.3, 0.4) is 0 Å². The normalized spacial score (nSPS) is 10.4. The maximum atomic E-state index is 12.3. The highest BCUT2D eigenvalue weighted by atomic mass is 35.5. The van der Waals surface area contributed by atoms with Gasteiger partial charge in [0, 0.05) is 13.1 Å². The second kappa shape index (κ2) is 8.03. The lowest BCUT2D eigenvalue weighted by molar-refractivity contribution is 0.0744. The van der Waals surface area contributed by atoms with Gasteiger partial charge >= 0.3 is 0 Å². The molecule has 1 aromatic heterocycles. The lowest BCUT2D eigenvalue weighted by Gasteiger charge is -2.21. The lowest BCUT2D eigenvalue weighted by atomic mass is 10.2. The molecule has 0 aliphatic carbocycles. The van der Waals surface area contributed by atoms with Crippen LogP contribution < -0.4 is 0 Å². The molecule has 0 saturated carbocycles. The molecule has 4 nitrogen and oxygen atoms in total. The first-order chi connectivity index (χ1) is 8.69. The molecule has 0 aromatic carbocycles. The highest BCUT2D eigenvalue weighted by molar-refractivity contribution is 6.29. The van der Waals surface area contributed by atoms with Crippen LogP contribution in [0.5, 0.6) is 0 Å². The first-order valence-corrected chi connectivity index (χ1v) is 6.83. The molecule has 0 saturated heterocycles. The maximum Gasteiger partial charge on any atom is 0.274 e. The van der Waals surface area contributed by atoms with Crippen molar-refractivity contribution in [3.8, 4) is 0 Å². The second-order valence-corrected chi connectivity index (χ2v) is 4.61. The minimum absolute atomic E-state index is 0.0769. The summed E-state index contributed by atoms with van der Waals surface area (Å²) in [5.74, 6) is -0.0769. The van der Waals surface area contributed by atoms with Gasteiger partial charge in [0.2, 0.25) is 0 Å². The molecule has 0 N–H and O–H groups in total. The van der Waals surface area contributed by atoms with Crippen molar-refractivity contribution in [1.29, 1.82) is 0 Å². The zero-order valence-electron chi connectivity index (χ0n) is 11.0. The molecule has 18 heavy (non-hydrogen) atoms. The predicted molar refractivity (Wildman–Crippen MR) is 72.8 cm³/mol. The van der Waals surface area contributed by atoms with E-state index in [0.717, 1.165) is 38.8 Å². The zero-order chi connectivity index (χ0) is 13.4. The molecule has 0 unspecified atom stereocenters. The molecule has 0 fully saturated rings. The third kappa shape index (κ3) is 4.61. The van der Waals surface area contributed by atoms with Gasteiger partial charge in [0.25, 0.3) is 5.91 Å². The average Bonchev–Trinajstić information content (AvgIpc) is 2.38. The molecule has 5 heteroatoms. The lowest BCUT2D eigenvalue weighted by Crippen LogP contribution is -2.33. The molecule has 100 valence electrons. The summed E-state index contributed by atoms with van der Waals surface area (Å²) in [7, 11) is 0. The summed E-state index contributed by atoms with van der Waals surface area (Å²) in [6.45, 7) is 5.76. The molecular formula is C13H20ClN3O. The highest BCUT2D eigenvalue weighted by Crippen LogP contribution is 2.08. The van der Waals surface area contributed by atoms with E-state index in [1.165, 1.54) is 12.4 Å². The Morgan fingerprint density at radius 2 is 1.83 bits per heavy atom. The van der Waals surface area contributed by atoms with Gasteiger partial charge in [0.15, 0.2) is 0 Å². The van der Waals surface area contributed by atoms with Gasteiger partial charge in [-0.3, -0.25) is 9.78 Å². The molecule has 0 aliphatic heterocycles. The summed E-state index contributed by atoms with van der Waals surface area (Å²) in [4.78, 5) is 22.0. The molecule has 0 atom stereocenters. The van der Waals surface area contributed by atoms with Crippen LogP contribution in [0.25, 0.3) is 0 Å². The zero-order valence-corrected chi connectivity index (χ0v) is 11.8. The largest absolute Gasteiger partial charge is 0.337 e. The van der Waals surface area contributed by atoms with Gasteiger partial charge in [-0.15, -0.1) is 0 Å². The first kappa shape index (κ1) is 14.9. The van der Waals surface area contributed by atoms with Crippen molar-refractivity contribution < 1.29 is 4.79 Å². The molecule has 1 heterocycles. The third-order valence-electron chi connectivity index (χ3n) is 2.67. The van der Waals surface area contributed by atoms with E-state index in [0.29, 0.717) is 5.69 Å². The quantitative estimate of drug-likeness (QED) is 0.764. The van der Waals surface area contributed by atoms with E-state index in [2.05, 4.69) is 23.8 Å². The molecule has 0 bridgehead atoms. The van der Waals surface area contributed by atoms with E-state index in [4.69, 9.17) is 11.6 Å². The Morgan fingerprint density at radius 1 is 1.22 bits per heavy atom. The molecule has 0 spiro atoms. The van der Waals surface area contributed by atoms with Crippen LogP contribution in [0.1, 0.15) is 50.0 Å². The highest BCUT2D eigenvalue weighted by Gasteiger charge is 2.16. The smallest absolute Gasteiger partial charge is 0.274 e. The Labute approximate surface area is 113 Å². The number of amides is 1. The number of hydrogen-bond acceptors (Lipinski definition) is 3. The van der Waals surface area contributed by atoms with Crippen LogP contribution in [0.2, 0.25) is 5.15 Å². The Balaban J connectivity index is 2.73. The van der Waals surface area contributed by atoms with Crippen molar-refractivity contribution in [2.75, 3.05) is 13.1 Å². The number of rotatable bonds is 7. The fraction of sp³-hybridized carbons (Fsp3) is 0.615. The summed E-state index contributed by atoms with van der Waals surface area (Å²) in [5.41, 5.74) is 0.328. The van der Waals surface area contributed by atoms with E-state index in [1.807, 2.05) is 4.90 Å². The van der Waals surface area contributed by atoms with Crippen molar-refractivity contribution in [1.82, 2.24) is 14.9 Å². The Bertz CT molecular complexity index is 376. The van der Waals surface area contributed by atoms with Gasteiger partial charge in [0.1, 0.15) is 10.8 Å². The van der Waals surface area contributed by atoms with Crippen LogP contribution in [0.15, 0.2) is 12.4 Å². The standard InChI is InChI=1S/C13H20ClN3O/c1-3-5-7-17(8-6-4-2)13(18)11-9-15-10-12(14)16-11/h9-10H,3-8H2,1-2H3. The average molecular weight is 270 g/mol. The van der Waals surface area contributed by atoms with Crippen LogP contribution in [0.4, 0.5) is 0 Å². The SMILES string of the molecule is CCCCN(CCCC)C(=O)c1cncc(Cl)n1. The van der Waals surface area contributed by atoms with Crippen molar-refractivity contribution in [2.45, 2.75) is 39.5 Å². The summed E-state index contributed by atoms with van der Waals surface area (Å²) in [6, 6.07) is 0. The molecule has 1 aromatic rings. The summed E-state index contributed by atoms with van der Waals surface area (Å²) < 4.78 is 0. The first-order valence-electron chi connectivity index (χ1n) is 6.45. The Hall–Kier alpha value is -1.16. The number of aromatic nitrogens is 2. The van der Waals surface area contributed by atoms with Crippen molar-refractivity contribution in [3.05, 3.63) is 23.2 Å². The van der Waals surface area contributed by atoms with E-state index in [1.54, 1.807) is 0 Å². The van der Waals surface area contributed by atoms with Crippen molar-refractivity contribution in [3.63, 3.8) is 0 Å². The fourth-order valence-corrected chi connectivity index (χ4v) is 1.77. The Kier molecular flexibility index (Phi) is 6.65. The van der Waals surface area contributed by atoms with E-state index in [9.17, 15) is 4.79 Å². The van der Waals surface area contributed by atoms with Gasteiger partial charge in [-0.2, -0.15) is 0 Å². The summed E-state index contributed by atoms with van der Waals surface area (Å²) in [6.07, 6.45) is 7.04. The topological polar surface area (TPSA) is 46.1 Å². The number of halogens is 1. The monoisotopic (exact) mass is 269 g/mol. The van der Waals surface area contributed by atoms with Gasteiger partial charge < -0.3 is 4.90 Å². The van der Waals surface area contributed by atoms with Gasteiger partial charge in [-0.1, -0.05) is 38.3 Å². The van der Waals surface area contributed by atoms with Crippen LogP contribution in [-0.2, 0) is 0 Å². The number of carbonyl (C=O) groups is 1. The molecule has 1 rings (SSSR count). The third-order valence-corrected chi connectivity index (χ3v) is 2.86. The summed E-state index contributed by atoms with van der Waals surface area (Å²) in [5, 5.41) is 0.256. The molecular weight excluding hydrogens is 250 g/mol. The van der Waals surface area contributed by atoms with Crippen LogP contribution in [-0.4, -0.2) is 33.9 Å². The number of nitrogens with zero attached hydrogens (tertiary/aromatic N) is 3. The predicted octanol–water partition coefficient (Wildman–Crippen LogP) is 3.17. The van der Waals surface area contributed by atoms with Crippen molar-refractivity contribution in [2.24, 2.45) is 0 Å². The number of hydrogen-bond donors (Lipinski definition) is 0. The Morgan fingerprint density at radius 3 is 2.33 bits per heavy atom.